The summed E-state index contributed by atoms with van der Waals surface area (Å²) in [5.74, 6) is 0.991. The quantitative estimate of drug-likeness (QED) is 0.692. The molecule has 0 aromatic carbocycles. The van der Waals surface area contributed by atoms with Crippen LogP contribution >= 0.6 is 0 Å². The van der Waals surface area contributed by atoms with E-state index < -0.39 is 0 Å². The molecule has 3 nitrogen and oxygen atoms in total. The number of pyridine rings is 1. The standard InChI is InChI=1S/C11H15N3/c1-7-5-8-9(12-6-7)14-10(13-8)11(2,3)4/h5-6H,1-4H3,(H,12,13,14). The summed E-state index contributed by atoms with van der Waals surface area (Å²) in [6, 6.07) is 2.07. The lowest BCUT2D eigenvalue weighted by atomic mass is 9.96. The topological polar surface area (TPSA) is 41.6 Å². The van der Waals surface area contributed by atoms with Crippen LogP contribution in [0.25, 0.3) is 11.2 Å². The average Bonchev–Trinajstić information content (AvgIpc) is 2.45. The fraction of sp³-hybridized carbons (Fsp3) is 0.455. The molecule has 0 aliphatic rings. The van der Waals surface area contributed by atoms with Gasteiger partial charge in [-0.3, -0.25) is 0 Å². The lowest BCUT2D eigenvalue weighted by Gasteiger charge is -2.13. The smallest absolute Gasteiger partial charge is 0.177 e. The van der Waals surface area contributed by atoms with Crippen LogP contribution in [0.15, 0.2) is 12.3 Å². The van der Waals surface area contributed by atoms with Crippen molar-refractivity contribution in [2.24, 2.45) is 0 Å². The molecule has 0 saturated heterocycles. The van der Waals surface area contributed by atoms with Gasteiger partial charge in [-0.15, -0.1) is 0 Å². The Morgan fingerprint density at radius 3 is 2.64 bits per heavy atom. The lowest BCUT2D eigenvalue weighted by molar-refractivity contribution is 0.554. The van der Waals surface area contributed by atoms with Gasteiger partial charge in [-0.25, -0.2) is 9.97 Å². The van der Waals surface area contributed by atoms with Gasteiger partial charge >= 0.3 is 0 Å². The number of aromatic nitrogens is 3. The minimum atomic E-state index is 0.0502. The minimum Gasteiger partial charge on any atom is -0.340 e. The summed E-state index contributed by atoms with van der Waals surface area (Å²) in [6.07, 6.45) is 1.84. The van der Waals surface area contributed by atoms with E-state index in [0.29, 0.717) is 0 Å². The number of nitrogens with zero attached hydrogens (tertiary/aromatic N) is 2. The molecule has 3 heteroatoms. The van der Waals surface area contributed by atoms with Crippen molar-refractivity contribution in [3.05, 3.63) is 23.7 Å². The zero-order valence-electron chi connectivity index (χ0n) is 9.05. The first-order chi connectivity index (χ1) is 6.47. The molecule has 0 unspecified atom stereocenters. The number of aryl methyl sites for hydroxylation is 1. The van der Waals surface area contributed by atoms with Gasteiger partial charge in [0.25, 0.3) is 0 Å². The Balaban J connectivity index is 2.63. The summed E-state index contributed by atoms with van der Waals surface area (Å²) in [5, 5.41) is 0. The number of fused-ring (bicyclic) bond motifs is 1. The second kappa shape index (κ2) is 2.80. The van der Waals surface area contributed by atoms with Gasteiger partial charge in [0.2, 0.25) is 0 Å². The Kier molecular flexibility index (Phi) is 1.84. The zero-order valence-corrected chi connectivity index (χ0v) is 9.05. The Hall–Kier alpha value is -1.38. The second-order valence-electron chi connectivity index (χ2n) is 4.72. The molecule has 0 fully saturated rings. The van der Waals surface area contributed by atoms with Crippen LogP contribution in [0.4, 0.5) is 0 Å². The van der Waals surface area contributed by atoms with E-state index in [1.807, 2.05) is 13.1 Å². The average molecular weight is 189 g/mol. The van der Waals surface area contributed by atoms with Gasteiger partial charge in [-0.05, 0) is 18.6 Å². The molecule has 2 heterocycles. The van der Waals surface area contributed by atoms with Crippen molar-refractivity contribution in [1.29, 1.82) is 0 Å². The van der Waals surface area contributed by atoms with Crippen LogP contribution in [0.1, 0.15) is 32.2 Å². The zero-order chi connectivity index (χ0) is 10.3. The van der Waals surface area contributed by atoms with Crippen molar-refractivity contribution >= 4 is 11.2 Å². The summed E-state index contributed by atoms with van der Waals surface area (Å²) in [4.78, 5) is 12.0. The molecule has 0 atom stereocenters. The molecular weight excluding hydrogens is 174 g/mol. The molecule has 74 valence electrons. The summed E-state index contributed by atoms with van der Waals surface area (Å²) in [5.41, 5.74) is 3.03. The number of H-pyrrole nitrogens is 1. The van der Waals surface area contributed by atoms with E-state index in [1.165, 1.54) is 0 Å². The highest BCUT2D eigenvalue weighted by molar-refractivity contribution is 5.71. The van der Waals surface area contributed by atoms with Crippen LogP contribution in [0.3, 0.4) is 0 Å². The van der Waals surface area contributed by atoms with E-state index in [0.717, 1.165) is 22.6 Å². The van der Waals surface area contributed by atoms with Gasteiger partial charge in [-0.1, -0.05) is 20.8 Å². The third-order valence-corrected chi connectivity index (χ3v) is 2.18. The van der Waals surface area contributed by atoms with Crippen LogP contribution < -0.4 is 0 Å². The van der Waals surface area contributed by atoms with Crippen LogP contribution in [0.5, 0.6) is 0 Å². The molecule has 0 amide bonds. The van der Waals surface area contributed by atoms with Gasteiger partial charge < -0.3 is 4.98 Å². The predicted octanol–water partition coefficient (Wildman–Crippen LogP) is 2.56. The molecule has 0 radical (unpaired) electrons. The minimum absolute atomic E-state index is 0.0502. The summed E-state index contributed by atoms with van der Waals surface area (Å²) in [7, 11) is 0. The fourth-order valence-electron chi connectivity index (χ4n) is 1.36. The SMILES string of the molecule is Cc1cnc2nc(C(C)(C)C)[nH]c2c1. The van der Waals surface area contributed by atoms with Gasteiger partial charge in [0, 0.05) is 11.6 Å². The maximum absolute atomic E-state index is 4.46. The van der Waals surface area contributed by atoms with Gasteiger partial charge in [0.1, 0.15) is 5.82 Å². The Labute approximate surface area is 83.6 Å². The van der Waals surface area contributed by atoms with E-state index in [1.54, 1.807) is 0 Å². The van der Waals surface area contributed by atoms with E-state index >= 15 is 0 Å². The monoisotopic (exact) mass is 189 g/mol. The largest absolute Gasteiger partial charge is 0.340 e. The first-order valence-electron chi connectivity index (χ1n) is 4.80. The summed E-state index contributed by atoms with van der Waals surface area (Å²) < 4.78 is 0. The Morgan fingerprint density at radius 1 is 1.29 bits per heavy atom. The molecule has 0 spiro atoms. The fourth-order valence-corrected chi connectivity index (χ4v) is 1.36. The molecular formula is C11H15N3. The van der Waals surface area contributed by atoms with Crippen LogP contribution in [0.2, 0.25) is 0 Å². The van der Waals surface area contributed by atoms with Gasteiger partial charge in [0.05, 0.1) is 5.52 Å². The molecule has 0 aliphatic heterocycles. The van der Waals surface area contributed by atoms with E-state index in [4.69, 9.17) is 0 Å². The third-order valence-electron chi connectivity index (χ3n) is 2.18. The molecule has 0 saturated carbocycles. The van der Waals surface area contributed by atoms with Crippen molar-refractivity contribution in [1.82, 2.24) is 15.0 Å². The first kappa shape index (κ1) is 9.19. The maximum Gasteiger partial charge on any atom is 0.177 e. The highest BCUT2D eigenvalue weighted by atomic mass is 15.0. The number of hydrogen-bond acceptors (Lipinski definition) is 2. The molecule has 0 aliphatic carbocycles. The van der Waals surface area contributed by atoms with Crippen molar-refractivity contribution < 1.29 is 0 Å². The van der Waals surface area contributed by atoms with Gasteiger partial charge in [0.15, 0.2) is 5.65 Å². The molecule has 2 aromatic rings. The van der Waals surface area contributed by atoms with E-state index in [2.05, 4.69) is 41.8 Å². The van der Waals surface area contributed by atoms with Crippen molar-refractivity contribution in [3.8, 4) is 0 Å². The van der Waals surface area contributed by atoms with Crippen LogP contribution in [-0.2, 0) is 5.41 Å². The number of nitrogens with one attached hydrogen (secondary N) is 1. The Morgan fingerprint density at radius 2 is 2.00 bits per heavy atom. The molecule has 14 heavy (non-hydrogen) atoms. The second-order valence-corrected chi connectivity index (χ2v) is 4.72. The maximum atomic E-state index is 4.46. The Bertz CT molecular complexity index is 463. The molecule has 1 N–H and O–H groups in total. The first-order valence-corrected chi connectivity index (χ1v) is 4.80. The van der Waals surface area contributed by atoms with Crippen LogP contribution in [0, 0.1) is 6.92 Å². The van der Waals surface area contributed by atoms with E-state index in [9.17, 15) is 0 Å². The van der Waals surface area contributed by atoms with Crippen molar-refractivity contribution in [2.45, 2.75) is 33.1 Å². The molecule has 2 rings (SSSR count). The van der Waals surface area contributed by atoms with Gasteiger partial charge in [-0.2, -0.15) is 0 Å². The lowest BCUT2D eigenvalue weighted by Crippen LogP contribution is -2.12. The van der Waals surface area contributed by atoms with Crippen LogP contribution in [-0.4, -0.2) is 15.0 Å². The predicted molar refractivity (Wildman–Crippen MR) is 57.3 cm³/mol. The number of hydrogen-bond donors (Lipinski definition) is 1. The molecule has 0 bridgehead atoms. The molecule has 2 aromatic heterocycles. The summed E-state index contributed by atoms with van der Waals surface area (Å²) in [6.45, 7) is 8.44. The van der Waals surface area contributed by atoms with Crippen molar-refractivity contribution in [2.75, 3.05) is 0 Å². The number of aromatic amines is 1. The summed E-state index contributed by atoms with van der Waals surface area (Å²) >= 11 is 0. The van der Waals surface area contributed by atoms with Crippen molar-refractivity contribution in [3.63, 3.8) is 0 Å². The number of rotatable bonds is 0. The highest BCUT2D eigenvalue weighted by Gasteiger charge is 2.18. The third kappa shape index (κ3) is 1.50. The highest BCUT2D eigenvalue weighted by Crippen LogP contribution is 2.21. The number of imidazole rings is 1. The van der Waals surface area contributed by atoms with E-state index in [-0.39, 0.29) is 5.41 Å². The normalized spacial score (nSPS) is 12.3.